The Bertz CT molecular complexity index is 1360. The van der Waals surface area contributed by atoms with Gasteiger partial charge in [-0.3, -0.25) is 14.4 Å². The number of hydrogen-bond acceptors (Lipinski definition) is 5. The lowest BCUT2D eigenvalue weighted by molar-refractivity contribution is 0.100. The van der Waals surface area contributed by atoms with Crippen molar-refractivity contribution >= 4 is 29.0 Å². The first-order valence-electron chi connectivity index (χ1n) is 9.94. The van der Waals surface area contributed by atoms with E-state index in [2.05, 4.69) is 15.6 Å². The van der Waals surface area contributed by atoms with Crippen molar-refractivity contribution in [3.8, 4) is 11.3 Å². The second-order valence-corrected chi connectivity index (χ2v) is 7.13. The van der Waals surface area contributed by atoms with E-state index in [1.807, 2.05) is 0 Å². The summed E-state index contributed by atoms with van der Waals surface area (Å²) in [5.74, 6) is -1.59. The number of nitrogens with one attached hydrogen (secondary N) is 2. The Balaban J connectivity index is 1.62. The summed E-state index contributed by atoms with van der Waals surface area (Å²) in [5, 5.41) is 5.32. The largest absolute Gasteiger partial charge is 0.443 e. The second-order valence-electron chi connectivity index (χ2n) is 7.13. The molecule has 0 aliphatic rings. The average Bonchev–Trinajstić information content (AvgIpc) is 3.29. The first kappa shape index (κ1) is 21.6. The van der Waals surface area contributed by atoms with Crippen LogP contribution in [0.5, 0.6) is 0 Å². The first-order valence-corrected chi connectivity index (χ1v) is 9.94. The van der Waals surface area contributed by atoms with E-state index in [1.54, 1.807) is 54.6 Å². The average molecular weight is 443 g/mol. The molecule has 164 valence electrons. The van der Waals surface area contributed by atoms with E-state index in [0.29, 0.717) is 16.8 Å². The van der Waals surface area contributed by atoms with Crippen LogP contribution >= 0.6 is 0 Å². The van der Waals surface area contributed by atoms with Crippen LogP contribution in [0.25, 0.3) is 11.3 Å². The third kappa shape index (κ3) is 4.85. The Hall–Kier alpha value is -4.59. The number of rotatable bonds is 6. The molecule has 2 amide bonds. The maximum absolute atomic E-state index is 13.5. The number of carbonyl (C=O) groups excluding carboxylic acids is 3. The lowest BCUT2D eigenvalue weighted by Gasteiger charge is -2.10. The highest BCUT2D eigenvalue weighted by molar-refractivity contribution is 6.11. The summed E-state index contributed by atoms with van der Waals surface area (Å²) in [6, 6.07) is 18.5. The fourth-order valence-electron chi connectivity index (χ4n) is 3.25. The number of halogens is 1. The zero-order valence-electron chi connectivity index (χ0n) is 17.5. The molecule has 7 nitrogen and oxygen atoms in total. The number of oxazole rings is 1. The third-order valence-electron chi connectivity index (χ3n) is 4.81. The molecule has 3 aromatic carbocycles. The SMILES string of the molecule is CC(=O)c1cccc(NC(=O)c2ncoc2-c2ccccc2C(=O)Nc2cccc(F)c2)c1. The van der Waals surface area contributed by atoms with Crippen molar-refractivity contribution in [2.24, 2.45) is 0 Å². The Kier molecular flexibility index (Phi) is 6.08. The van der Waals surface area contributed by atoms with Gasteiger partial charge in [-0.1, -0.05) is 36.4 Å². The molecule has 0 saturated heterocycles. The molecule has 0 atom stereocenters. The minimum absolute atomic E-state index is 0.0331. The molecule has 33 heavy (non-hydrogen) atoms. The molecule has 0 bridgehead atoms. The summed E-state index contributed by atoms with van der Waals surface area (Å²) in [4.78, 5) is 41.4. The number of carbonyl (C=O) groups is 3. The van der Waals surface area contributed by atoms with Crippen molar-refractivity contribution in [1.82, 2.24) is 4.98 Å². The Morgan fingerprint density at radius 1 is 0.848 bits per heavy atom. The molecule has 0 spiro atoms. The van der Waals surface area contributed by atoms with Crippen molar-refractivity contribution in [1.29, 1.82) is 0 Å². The van der Waals surface area contributed by atoms with Crippen LogP contribution in [0.2, 0.25) is 0 Å². The normalized spacial score (nSPS) is 10.5. The number of Topliss-reactive ketones (excluding diaryl/α,β-unsaturated/α-hetero) is 1. The van der Waals surface area contributed by atoms with Crippen LogP contribution in [0.15, 0.2) is 83.6 Å². The number of ketones is 1. The maximum atomic E-state index is 13.5. The molecule has 1 heterocycles. The summed E-state index contributed by atoms with van der Waals surface area (Å²) in [5.41, 5.74) is 1.67. The van der Waals surface area contributed by atoms with Crippen molar-refractivity contribution < 1.29 is 23.2 Å². The number of amides is 2. The van der Waals surface area contributed by atoms with Crippen molar-refractivity contribution in [3.05, 3.63) is 102 Å². The summed E-state index contributed by atoms with van der Waals surface area (Å²) < 4.78 is 18.9. The molecule has 0 unspecified atom stereocenters. The fourth-order valence-corrected chi connectivity index (χ4v) is 3.25. The lowest BCUT2D eigenvalue weighted by Crippen LogP contribution is -2.16. The van der Waals surface area contributed by atoms with Gasteiger partial charge in [0.15, 0.2) is 23.6 Å². The van der Waals surface area contributed by atoms with Gasteiger partial charge in [-0.25, -0.2) is 9.37 Å². The maximum Gasteiger partial charge on any atom is 0.278 e. The summed E-state index contributed by atoms with van der Waals surface area (Å²) >= 11 is 0. The van der Waals surface area contributed by atoms with Crippen LogP contribution < -0.4 is 10.6 Å². The van der Waals surface area contributed by atoms with Gasteiger partial charge in [0.1, 0.15) is 5.82 Å². The van der Waals surface area contributed by atoms with Crippen LogP contribution in [0.3, 0.4) is 0 Å². The number of aromatic nitrogens is 1. The Labute approximate surface area is 188 Å². The van der Waals surface area contributed by atoms with Gasteiger partial charge in [0.2, 0.25) is 0 Å². The van der Waals surface area contributed by atoms with Gasteiger partial charge in [-0.15, -0.1) is 0 Å². The number of benzene rings is 3. The Morgan fingerprint density at radius 2 is 1.55 bits per heavy atom. The van der Waals surface area contributed by atoms with Crippen LogP contribution in [-0.4, -0.2) is 22.6 Å². The molecule has 0 fully saturated rings. The van der Waals surface area contributed by atoms with Gasteiger partial charge in [-0.2, -0.15) is 0 Å². The van der Waals surface area contributed by atoms with E-state index < -0.39 is 17.6 Å². The van der Waals surface area contributed by atoms with Crippen LogP contribution in [0.1, 0.15) is 38.1 Å². The minimum Gasteiger partial charge on any atom is -0.443 e. The number of anilines is 2. The van der Waals surface area contributed by atoms with Gasteiger partial charge in [0, 0.05) is 22.5 Å². The summed E-state index contributed by atoms with van der Waals surface area (Å²) in [7, 11) is 0. The molecule has 8 heteroatoms. The van der Waals surface area contributed by atoms with Crippen molar-refractivity contribution in [2.75, 3.05) is 10.6 Å². The van der Waals surface area contributed by atoms with Crippen molar-refractivity contribution in [3.63, 3.8) is 0 Å². The highest BCUT2D eigenvalue weighted by Gasteiger charge is 2.23. The quantitative estimate of drug-likeness (QED) is 0.400. The first-order chi connectivity index (χ1) is 15.9. The van der Waals surface area contributed by atoms with E-state index in [-0.39, 0.29) is 28.5 Å². The predicted molar refractivity (Wildman–Crippen MR) is 121 cm³/mol. The molecule has 4 aromatic rings. The molecule has 2 N–H and O–H groups in total. The monoisotopic (exact) mass is 443 g/mol. The third-order valence-corrected chi connectivity index (χ3v) is 4.81. The van der Waals surface area contributed by atoms with Crippen LogP contribution in [-0.2, 0) is 0 Å². The van der Waals surface area contributed by atoms with E-state index in [1.165, 1.54) is 25.1 Å². The van der Waals surface area contributed by atoms with Gasteiger partial charge in [-0.05, 0) is 43.3 Å². The van der Waals surface area contributed by atoms with E-state index in [4.69, 9.17) is 4.42 Å². The Morgan fingerprint density at radius 3 is 2.30 bits per heavy atom. The fraction of sp³-hybridized carbons (Fsp3) is 0.0400. The number of hydrogen-bond donors (Lipinski definition) is 2. The van der Waals surface area contributed by atoms with Gasteiger partial charge >= 0.3 is 0 Å². The molecule has 0 radical (unpaired) electrons. The molecular weight excluding hydrogens is 425 g/mol. The van der Waals surface area contributed by atoms with Crippen LogP contribution in [0.4, 0.5) is 15.8 Å². The summed E-state index contributed by atoms with van der Waals surface area (Å²) in [6.45, 7) is 1.43. The van der Waals surface area contributed by atoms with Crippen LogP contribution in [0, 0.1) is 5.82 Å². The predicted octanol–water partition coefficient (Wildman–Crippen LogP) is 5.19. The van der Waals surface area contributed by atoms with Crippen molar-refractivity contribution in [2.45, 2.75) is 6.92 Å². The van der Waals surface area contributed by atoms with E-state index in [0.717, 1.165) is 6.39 Å². The number of nitrogens with zero attached hydrogens (tertiary/aromatic N) is 1. The highest BCUT2D eigenvalue weighted by Crippen LogP contribution is 2.28. The molecule has 4 rings (SSSR count). The standard InChI is InChI=1S/C25H18FN3O4/c1-15(30)16-6-4-8-18(12-16)29-25(32)22-23(33-14-27-22)20-10-2-3-11-21(20)24(31)28-19-9-5-7-17(26)13-19/h2-14H,1H3,(H,28,31)(H,29,32). The zero-order valence-corrected chi connectivity index (χ0v) is 17.5. The van der Waals surface area contributed by atoms with E-state index >= 15 is 0 Å². The summed E-state index contributed by atoms with van der Waals surface area (Å²) in [6.07, 6.45) is 1.11. The highest BCUT2D eigenvalue weighted by atomic mass is 19.1. The van der Waals surface area contributed by atoms with E-state index in [9.17, 15) is 18.8 Å². The topological polar surface area (TPSA) is 101 Å². The molecular formula is C25H18FN3O4. The molecule has 1 aromatic heterocycles. The molecule has 0 aliphatic heterocycles. The zero-order chi connectivity index (χ0) is 23.4. The molecule has 0 saturated carbocycles. The minimum atomic E-state index is -0.570. The van der Waals surface area contributed by atoms with Gasteiger partial charge in [0.05, 0.1) is 5.56 Å². The smallest absolute Gasteiger partial charge is 0.278 e. The molecule has 0 aliphatic carbocycles. The second kappa shape index (κ2) is 9.27. The van der Waals surface area contributed by atoms with Gasteiger partial charge in [0.25, 0.3) is 11.8 Å². The van der Waals surface area contributed by atoms with Gasteiger partial charge < -0.3 is 15.1 Å². The lowest BCUT2D eigenvalue weighted by atomic mass is 10.0.